The molecule has 0 saturated carbocycles. The molecule has 2 aromatic rings. The van der Waals surface area contributed by atoms with E-state index in [1.165, 1.54) is 0 Å². The van der Waals surface area contributed by atoms with Gasteiger partial charge < -0.3 is 18.7 Å². The lowest BCUT2D eigenvalue weighted by Crippen LogP contribution is -2.14. The van der Waals surface area contributed by atoms with E-state index in [9.17, 15) is 0 Å². The highest BCUT2D eigenvalue weighted by Gasteiger charge is 2.44. The average molecular weight is 316 g/mol. The summed E-state index contributed by atoms with van der Waals surface area (Å²) in [6, 6.07) is 5.81. The van der Waals surface area contributed by atoms with Crippen LogP contribution in [0.4, 0.5) is 0 Å². The fourth-order valence-corrected chi connectivity index (χ4v) is 3.56. The first-order valence-electron chi connectivity index (χ1n) is 7.95. The van der Waals surface area contributed by atoms with Crippen molar-refractivity contribution in [3.05, 3.63) is 35.5 Å². The molecule has 6 nitrogen and oxygen atoms in total. The fraction of sp³-hybridized carbons (Fsp3) is 0.529. The van der Waals surface area contributed by atoms with Crippen LogP contribution in [0.1, 0.15) is 42.5 Å². The van der Waals surface area contributed by atoms with Gasteiger partial charge in [0.1, 0.15) is 0 Å². The quantitative estimate of drug-likeness (QED) is 0.845. The Morgan fingerprint density at radius 3 is 2.74 bits per heavy atom. The van der Waals surface area contributed by atoms with Gasteiger partial charge in [0, 0.05) is 6.42 Å². The molecule has 3 atom stereocenters. The summed E-state index contributed by atoms with van der Waals surface area (Å²) in [7, 11) is 3.25. The third-order valence-electron chi connectivity index (χ3n) is 4.72. The van der Waals surface area contributed by atoms with Crippen LogP contribution in [0.15, 0.2) is 22.7 Å². The Balaban J connectivity index is 1.49. The topological polar surface area (TPSA) is 66.6 Å². The summed E-state index contributed by atoms with van der Waals surface area (Å²) in [5, 5.41) is 4.12. The summed E-state index contributed by atoms with van der Waals surface area (Å²) >= 11 is 0. The molecule has 0 aliphatic carbocycles. The molecule has 6 heteroatoms. The zero-order chi connectivity index (χ0) is 15.8. The Morgan fingerprint density at radius 1 is 1.17 bits per heavy atom. The van der Waals surface area contributed by atoms with Crippen LogP contribution >= 0.6 is 0 Å². The molecule has 1 aromatic carbocycles. The van der Waals surface area contributed by atoms with Crippen LogP contribution in [0.2, 0.25) is 0 Å². The van der Waals surface area contributed by atoms with Gasteiger partial charge in [-0.15, -0.1) is 0 Å². The zero-order valence-corrected chi connectivity index (χ0v) is 13.3. The van der Waals surface area contributed by atoms with Gasteiger partial charge in [0.2, 0.25) is 5.89 Å². The third kappa shape index (κ3) is 2.67. The van der Waals surface area contributed by atoms with Crippen molar-refractivity contribution >= 4 is 0 Å². The molecule has 2 saturated heterocycles. The van der Waals surface area contributed by atoms with Crippen molar-refractivity contribution in [1.29, 1.82) is 0 Å². The number of fused-ring (bicyclic) bond motifs is 2. The summed E-state index contributed by atoms with van der Waals surface area (Å²) in [6.07, 6.45) is 4.51. The molecule has 0 N–H and O–H groups in total. The van der Waals surface area contributed by atoms with Crippen LogP contribution in [0.25, 0.3) is 0 Å². The van der Waals surface area contributed by atoms with Crippen molar-refractivity contribution in [1.82, 2.24) is 10.1 Å². The van der Waals surface area contributed by atoms with E-state index in [2.05, 4.69) is 10.1 Å². The van der Waals surface area contributed by atoms with Gasteiger partial charge in [-0.1, -0.05) is 11.2 Å². The van der Waals surface area contributed by atoms with E-state index in [1.54, 1.807) is 14.2 Å². The van der Waals surface area contributed by atoms with Gasteiger partial charge in [-0.2, -0.15) is 4.98 Å². The van der Waals surface area contributed by atoms with Crippen molar-refractivity contribution in [2.45, 2.75) is 43.8 Å². The van der Waals surface area contributed by atoms with Gasteiger partial charge in [0.15, 0.2) is 17.3 Å². The molecule has 3 heterocycles. The second kappa shape index (κ2) is 5.85. The maximum atomic E-state index is 5.86. The third-order valence-corrected chi connectivity index (χ3v) is 4.72. The molecule has 2 bridgehead atoms. The van der Waals surface area contributed by atoms with E-state index in [4.69, 9.17) is 18.7 Å². The first-order valence-corrected chi connectivity index (χ1v) is 7.95. The molecule has 2 aliphatic rings. The second-order valence-corrected chi connectivity index (χ2v) is 6.13. The van der Waals surface area contributed by atoms with E-state index in [0.29, 0.717) is 35.7 Å². The average Bonchev–Trinajstić information content (AvgIpc) is 3.31. The molecule has 1 aromatic heterocycles. The first kappa shape index (κ1) is 14.5. The Morgan fingerprint density at radius 2 is 2.04 bits per heavy atom. The van der Waals surface area contributed by atoms with E-state index >= 15 is 0 Å². The van der Waals surface area contributed by atoms with Crippen LogP contribution in [0.3, 0.4) is 0 Å². The standard InChI is InChI=1S/C17H20N2O4/c1-20-14-5-3-10(7-15(14)21-2)8-16-18-17(23-19-16)12-9-11-4-6-13(12)22-11/h3,5,7,11-13H,4,6,8-9H2,1-2H3/t11-,12-,13-/m0/s1. The second-order valence-electron chi connectivity index (χ2n) is 6.13. The number of hydrogen-bond donors (Lipinski definition) is 0. The normalized spacial score (nSPS) is 25.7. The Hall–Kier alpha value is -2.08. The number of hydrogen-bond acceptors (Lipinski definition) is 6. The Bertz CT molecular complexity index is 700. The number of aromatic nitrogens is 2. The Kier molecular flexibility index (Phi) is 3.69. The molecule has 4 rings (SSSR count). The molecular weight excluding hydrogens is 296 g/mol. The monoisotopic (exact) mass is 316 g/mol. The Labute approximate surface area is 134 Å². The lowest BCUT2D eigenvalue weighted by molar-refractivity contribution is 0.0974. The smallest absolute Gasteiger partial charge is 0.232 e. The lowest BCUT2D eigenvalue weighted by atomic mass is 9.89. The van der Waals surface area contributed by atoms with Crippen LogP contribution in [0, 0.1) is 0 Å². The number of nitrogens with zero attached hydrogens (tertiary/aromatic N) is 2. The van der Waals surface area contributed by atoms with E-state index in [1.807, 2.05) is 18.2 Å². The van der Waals surface area contributed by atoms with Crippen molar-refractivity contribution in [3.63, 3.8) is 0 Å². The maximum Gasteiger partial charge on any atom is 0.232 e. The zero-order valence-electron chi connectivity index (χ0n) is 13.3. The summed E-state index contributed by atoms with van der Waals surface area (Å²) in [5.41, 5.74) is 1.05. The van der Waals surface area contributed by atoms with Gasteiger partial charge in [-0.25, -0.2) is 0 Å². The molecule has 0 unspecified atom stereocenters. The molecular formula is C17H20N2O4. The maximum absolute atomic E-state index is 5.86. The number of benzene rings is 1. The van der Waals surface area contributed by atoms with Crippen molar-refractivity contribution in [2.24, 2.45) is 0 Å². The molecule has 2 aliphatic heterocycles. The van der Waals surface area contributed by atoms with Gasteiger partial charge in [0.05, 0.1) is 32.3 Å². The lowest BCUT2D eigenvalue weighted by Gasteiger charge is -2.13. The first-order chi connectivity index (χ1) is 11.3. The largest absolute Gasteiger partial charge is 0.493 e. The number of methoxy groups -OCH3 is 2. The fourth-order valence-electron chi connectivity index (χ4n) is 3.56. The molecule has 122 valence electrons. The van der Waals surface area contributed by atoms with Gasteiger partial charge in [-0.3, -0.25) is 0 Å². The van der Waals surface area contributed by atoms with Crippen LogP contribution in [0.5, 0.6) is 11.5 Å². The molecule has 23 heavy (non-hydrogen) atoms. The summed E-state index contributed by atoms with van der Waals surface area (Å²) in [6.45, 7) is 0. The summed E-state index contributed by atoms with van der Waals surface area (Å²) < 4.78 is 21.9. The minimum atomic E-state index is 0.259. The summed E-state index contributed by atoms with van der Waals surface area (Å²) in [5.74, 6) is 3.09. The predicted octanol–water partition coefficient (Wildman–Crippen LogP) is 2.71. The van der Waals surface area contributed by atoms with Gasteiger partial charge >= 0.3 is 0 Å². The summed E-state index contributed by atoms with van der Waals surface area (Å²) in [4.78, 5) is 4.57. The molecule has 2 fully saturated rings. The highest BCUT2D eigenvalue weighted by molar-refractivity contribution is 5.43. The van der Waals surface area contributed by atoms with Crippen LogP contribution in [-0.2, 0) is 11.2 Å². The van der Waals surface area contributed by atoms with Crippen molar-refractivity contribution < 1.29 is 18.7 Å². The minimum absolute atomic E-state index is 0.259. The number of rotatable bonds is 5. The SMILES string of the molecule is COc1ccc(Cc2noc([C@H]3C[C@@H]4CC[C@@H]3O4)n2)cc1OC. The van der Waals surface area contributed by atoms with Crippen molar-refractivity contribution in [2.75, 3.05) is 14.2 Å². The molecule has 0 amide bonds. The van der Waals surface area contributed by atoms with Crippen LogP contribution in [-0.4, -0.2) is 36.6 Å². The van der Waals surface area contributed by atoms with Gasteiger partial charge in [-0.05, 0) is 37.0 Å². The predicted molar refractivity (Wildman–Crippen MR) is 81.9 cm³/mol. The van der Waals surface area contributed by atoms with Crippen molar-refractivity contribution in [3.8, 4) is 11.5 Å². The molecule has 0 spiro atoms. The highest BCUT2D eigenvalue weighted by Crippen LogP contribution is 2.43. The minimum Gasteiger partial charge on any atom is -0.493 e. The highest BCUT2D eigenvalue weighted by atomic mass is 16.5. The number of ether oxygens (including phenoxy) is 3. The van der Waals surface area contributed by atoms with Crippen LogP contribution < -0.4 is 9.47 Å². The van der Waals surface area contributed by atoms with E-state index < -0.39 is 0 Å². The molecule has 0 radical (unpaired) electrons. The van der Waals surface area contributed by atoms with E-state index in [0.717, 1.165) is 24.8 Å². The van der Waals surface area contributed by atoms with E-state index in [-0.39, 0.29) is 12.0 Å². The van der Waals surface area contributed by atoms with Gasteiger partial charge in [0.25, 0.3) is 0 Å².